The molecule has 0 heterocycles. The van der Waals surface area contributed by atoms with Crippen LogP contribution in [-0.2, 0) is 35.1 Å². The summed E-state index contributed by atoms with van der Waals surface area (Å²) in [5.41, 5.74) is 1.82. The zero-order chi connectivity index (χ0) is 23.4. The van der Waals surface area contributed by atoms with Gasteiger partial charge in [0.1, 0.15) is 6.07 Å². The number of primary amides is 1. The van der Waals surface area contributed by atoms with E-state index in [4.69, 9.17) is 20.5 Å². The summed E-state index contributed by atoms with van der Waals surface area (Å²) in [6.07, 6.45) is -7.00. The number of alkyl halides is 3. The molecule has 1 aromatic rings. The van der Waals surface area contributed by atoms with E-state index in [1.807, 2.05) is 0 Å². The molecule has 8 nitrogen and oxygen atoms in total. The second kappa shape index (κ2) is 9.23. The van der Waals surface area contributed by atoms with Gasteiger partial charge >= 0.3 is 12.1 Å². The first-order valence-corrected chi connectivity index (χ1v) is 10.8. The molecule has 1 aliphatic rings. The standard InChI is InChI=1S/C19H21F3N2O6S/c1-2-8-29-15-10-12(11-18(15,16(24)25)17(26)30-9-7-23)31(27,28)14-6-4-3-5-13(14)19(20,21)22/h3-6,12,15H,2,8-11H2,1H3,(H2,24,25)/t12-,15+,18+/m1/s1. The fraction of sp³-hybridized carbons (Fsp3) is 0.526. The van der Waals surface area contributed by atoms with Crippen LogP contribution in [0.4, 0.5) is 13.2 Å². The monoisotopic (exact) mass is 462 g/mol. The third kappa shape index (κ3) is 4.67. The summed E-state index contributed by atoms with van der Waals surface area (Å²) in [4.78, 5) is 24.0. The number of rotatable bonds is 8. The van der Waals surface area contributed by atoms with E-state index in [2.05, 4.69) is 0 Å². The number of benzene rings is 1. The van der Waals surface area contributed by atoms with Crippen molar-refractivity contribution in [2.75, 3.05) is 13.2 Å². The molecule has 3 atom stereocenters. The van der Waals surface area contributed by atoms with Gasteiger partial charge in [-0.2, -0.15) is 18.4 Å². The van der Waals surface area contributed by atoms with Gasteiger partial charge in [0, 0.05) is 6.61 Å². The van der Waals surface area contributed by atoms with Gasteiger partial charge in [-0.05, 0) is 31.4 Å². The maximum atomic E-state index is 13.4. The van der Waals surface area contributed by atoms with Crippen LogP contribution in [0.25, 0.3) is 0 Å². The lowest BCUT2D eigenvalue weighted by atomic mass is 9.83. The first-order chi connectivity index (χ1) is 14.4. The third-order valence-electron chi connectivity index (χ3n) is 5.11. The number of hydrogen-bond donors (Lipinski definition) is 1. The number of esters is 1. The molecule has 0 radical (unpaired) electrons. The first kappa shape index (κ1) is 24.6. The number of nitrogens with zero attached hydrogens (tertiary/aromatic N) is 1. The number of ether oxygens (including phenoxy) is 2. The second-order valence-corrected chi connectivity index (χ2v) is 9.23. The van der Waals surface area contributed by atoms with Crippen molar-refractivity contribution in [1.29, 1.82) is 5.26 Å². The molecule has 1 fully saturated rings. The molecule has 170 valence electrons. The molecular weight excluding hydrogens is 441 g/mol. The Hall–Kier alpha value is -2.65. The van der Waals surface area contributed by atoms with E-state index in [0.717, 1.165) is 18.2 Å². The number of carbonyl (C=O) groups is 2. The molecule has 2 rings (SSSR count). The van der Waals surface area contributed by atoms with E-state index in [9.17, 15) is 31.2 Å². The highest BCUT2D eigenvalue weighted by Crippen LogP contribution is 2.47. The van der Waals surface area contributed by atoms with Crippen LogP contribution in [-0.4, -0.2) is 44.9 Å². The maximum absolute atomic E-state index is 13.4. The zero-order valence-electron chi connectivity index (χ0n) is 16.5. The second-order valence-electron chi connectivity index (χ2n) is 7.03. The Morgan fingerprint density at radius 2 is 1.97 bits per heavy atom. The fourth-order valence-electron chi connectivity index (χ4n) is 3.65. The molecule has 1 aromatic carbocycles. The van der Waals surface area contributed by atoms with Crippen LogP contribution in [0.3, 0.4) is 0 Å². The van der Waals surface area contributed by atoms with Crippen molar-refractivity contribution in [1.82, 2.24) is 0 Å². The molecule has 0 spiro atoms. The van der Waals surface area contributed by atoms with E-state index < -0.39 is 74.6 Å². The molecule has 1 saturated carbocycles. The van der Waals surface area contributed by atoms with Crippen molar-refractivity contribution < 1.29 is 40.7 Å². The predicted molar refractivity (Wildman–Crippen MR) is 99.9 cm³/mol. The number of nitriles is 1. The smallest absolute Gasteiger partial charge is 0.417 e. The van der Waals surface area contributed by atoms with Gasteiger partial charge in [-0.25, -0.2) is 8.42 Å². The molecule has 1 amide bonds. The Balaban J connectivity index is 2.56. The lowest BCUT2D eigenvalue weighted by Crippen LogP contribution is -2.51. The number of nitrogens with two attached hydrogens (primary N) is 1. The minimum absolute atomic E-state index is 0.0388. The Kier molecular flexibility index (Phi) is 7.33. The van der Waals surface area contributed by atoms with Gasteiger partial charge in [-0.3, -0.25) is 9.59 Å². The van der Waals surface area contributed by atoms with Crippen molar-refractivity contribution in [3.8, 4) is 6.07 Å². The number of sulfone groups is 1. The summed E-state index contributed by atoms with van der Waals surface area (Å²) >= 11 is 0. The van der Waals surface area contributed by atoms with Crippen LogP contribution in [0.5, 0.6) is 0 Å². The Morgan fingerprint density at radius 1 is 1.32 bits per heavy atom. The number of amides is 1. The van der Waals surface area contributed by atoms with Crippen LogP contribution < -0.4 is 5.73 Å². The van der Waals surface area contributed by atoms with Gasteiger partial charge in [0.2, 0.25) is 5.91 Å². The van der Waals surface area contributed by atoms with E-state index in [1.165, 1.54) is 0 Å². The van der Waals surface area contributed by atoms with E-state index in [-0.39, 0.29) is 6.61 Å². The Labute approximate surface area is 177 Å². The van der Waals surface area contributed by atoms with Crippen molar-refractivity contribution in [3.05, 3.63) is 29.8 Å². The lowest BCUT2D eigenvalue weighted by molar-refractivity contribution is -0.168. The third-order valence-corrected chi connectivity index (χ3v) is 7.31. The quantitative estimate of drug-likeness (QED) is 0.461. The average Bonchev–Trinajstić information content (AvgIpc) is 3.11. The van der Waals surface area contributed by atoms with Crippen LogP contribution in [0, 0.1) is 16.7 Å². The summed E-state index contributed by atoms with van der Waals surface area (Å²) in [7, 11) is -4.65. The molecule has 31 heavy (non-hydrogen) atoms. The highest BCUT2D eigenvalue weighted by atomic mass is 32.2. The first-order valence-electron chi connectivity index (χ1n) is 9.28. The van der Waals surface area contributed by atoms with Crippen LogP contribution in [0.1, 0.15) is 31.7 Å². The zero-order valence-corrected chi connectivity index (χ0v) is 17.3. The highest BCUT2D eigenvalue weighted by Gasteiger charge is 2.62. The normalized spacial score (nSPS) is 23.8. The molecule has 12 heteroatoms. The van der Waals surface area contributed by atoms with Gasteiger partial charge in [0.25, 0.3) is 0 Å². The molecule has 0 saturated heterocycles. The van der Waals surface area contributed by atoms with E-state index in [1.54, 1.807) is 13.0 Å². The van der Waals surface area contributed by atoms with Gasteiger partial charge in [-0.1, -0.05) is 19.1 Å². The maximum Gasteiger partial charge on any atom is 0.417 e. The van der Waals surface area contributed by atoms with Crippen molar-refractivity contribution in [2.24, 2.45) is 11.1 Å². The lowest BCUT2D eigenvalue weighted by Gasteiger charge is -2.29. The Morgan fingerprint density at radius 3 is 2.52 bits per heavy atom. The predicted octanol–water partition coefficient (Wildman–Crippen LogP) is 1.98. The summed E-state index contributed by atoms with van der Waals surface area (Å²) in [6, 6.07) is 5.20. The van der Waals surface area contributed by atoms with E-state index in [0.29, 0.717) is 12.5 Å². The molecule has 0 aromatic heterocycles. The molecule has 0 unspecified atom stereocenters. The topological polar surface area (TPSA) is 137 Å². The molecule has 0 aliphatic heterocycles. The van der Waals surface area contributed by atoms with Crippen molar-refractivity contribution >= 4 is 21.7 Å². The van der Waals surface area contributed by atoms with Crippen LogP contribution >= 0.6 is 0 Å². The molecule has 0 bridgehead atoms. The summed E-state index contributed by atoms with van der Waals surface area (Å²) in [6.45, 7) is 1.04. The Bertz CT molecular complexity index is 989. The van der Waals surface area contributed by atoms with Gasteiger partial charge in [0.05, 0.1) is 21.8 Å². The van der Waals surface area contributed by atoms with Gasteiger partial charge < -0.3 is 15.2 Å². The van der Waals surface area contributed by atoms with Crippen molar-refractivity contribution in [2.45, 2.75) is 48.6 Å². The largest absolute Gasteiger partial charge is 0.449 e. The molecular formula is C19H21F3N2O6S. The van der Waals surface area contributed by atoms with E-state index >= 15 is 0 Å². The molecule has 1 aliphatic carbocycles. The average molecular weight is 462 g/mol. The highest BCUT2D eigenvalue weighted by molar-refractivity contribution is 7.92. The minimum Gasteiger partial charge on any atom is -0.449 e. The summed E-state index contributed by atoms with van der Waals surface area (Å²) in [5.74, 6) is -2.48. The van der Waals surface area contributed by atoms with Gasteiger partial charge in [-0.15, -0.1) is 0 Å². The fourth-order valence-corrected chi connectivity index (χ4v) is 5.68. The van der Waals surface area contributed by atoms with Crippen LogP contribution in [0.15, 0.2) is 29.2 Å². The minimum atomic E-state index is -4.94. The van der Waals surface area contributed by atoms with Gasteiger partial charge in [0.15, 0.2) is 21.9 Å². The number of halogens is 3. The summed E-state index contributed by atoms with van der Waals surface area (Å²) in [5, 5.41) is 7.08. The van der Waals surface area contributed by atoms with Crippen molar-refractivity contribution in [3.63, 3.8) is 0 Å². The molecule has 2 N–H and O–H groups in total. The number of hydrogen-bond acceptors (Lipinski definition) is 7. The van der Waals surface area contributed by atoms with Crippen LogP contribution in [0.2, 0.25) is 0 Å². The SMILES string of the molecule is CCCO[C@H]1C[C@@H](S(=O)(=O)c2ccccc2C(F)(F)F)C[C@]1(C(N)=O)C(=O)OCC#N. The summed E-state index contributed by atoms with van der Waals surface area (Å²) < 4.78 is 76.7. The number of carbonyl (C=O) groups excluding carboxylic acids is 2.